The first-order valence-electron chi connectivity index (χ1n) is 8.51. The largest absolute Gasteiger partial charge is 0.378 e. The lowest BCUT2D eigenvalue weighted by atomic mass is 10.2. The highest BCUT2D eigenvalue weighted by molar-refractivity contribution is 5.97. The van der Waals surface area contributed by atoms with Gasteiger partial charge in [0.15, 0.2) is 5.82 Å². The number of amides is 1. The third kappa shape index (κ3) is 3.64. The fourth-order valence-corrected chi connectivity index (χ4v) is 3.43. The molecule has 1 aromatic rings. The van der Waals surface area contributed by atoms with Crippen LogP contribution in [0.3, 0.4) is 0 Å². The van der Waals surface area contributed by atoms with E-state index in [-0.39, 0.29) is 11.9 Å². The van der Waals surface area contributed by atoms with Crippen LogP contribution in [0.2, 0.25) is 0 Å². The van der Waals surface area contributed by atoms with Crippen LogP contribution in [0.4, 0.5) is 11.5 Å². The minimum atomic E-state index is -0.0345. The molecule has 6 heteroatoms. The van der Waals surface area contributed by atoms with E-state index in [1.54, 1.807) is 6.20 Å². The van der Waals surface area contributed by atoms with Gasteiger partial charge in [0.25, 0.3) is 0 Å². The van der Waals surface area contributed by atoms with Crippen molar-refractivity contribution in [1.82, 2.24) is 9.88 Å². The Labute approximate surface area is 137 Å². The van der Waals surface area contributed by atoms with Crippen LogP contribution in [0, 0.1) is 0 Å². The molecule has 1 aromatic heterocycles. The van der Waals surface area contributed by atoms with Crippen molar-refractivity contribution in [2.45, 2.75) is 38.8 Å². The first-order chi connectivity index (χ1) is 11.2. The molecule has 1 N–H and O–H groups in total. The molecule has 3 heterocycles. The molecule has 1 unspecified atom stereocenters. The summed E-state index contributed by atoms with van der Waals surface area (Å²) in [6.45, 7) is 8.31. The maximum Gasteiger partial charge on any atom is 0.241 e. The van der Waals surface area contributed by atoms with Gasteiger partial charge in [0.1, 0.15) is 0 Å². The predicted octanol–water partition coefficient (Wildman–Crippen LogP) is 1.73. The van der Waals surface area contributed by atoms with Crippen LogP contribution in [-0.4, -0.2) is 60.7 Å². The summed E-state index contributed by atoms with van der Waals surface area (Å²) in [6.07, 6.45) is 3.78. The number of aromatic nitrogens is 1. The topological polar surface area (TPSA) is 57.7 Å². The summed E-state index contributed by atoms with van der Waals surface area (Å²) in [7, 11) is 0. The van der Waals surface area contributed by atoms with Crippen molar-refractivity contribution in [3.63, 3.8) is 0 Å². The van der Waals surface area contributed by atoms with Gasteiger partial charge in [-0.3, -0.25) is 9.69 Å². The van der Waals surface area contributed by atoms with Gasteiger partial charge in [0.05, 0.1) is 24.9 Å². The number of hydrogen-bond donors (Lipinski definition) is 1. The van der Waals surface area contributed by atoms with E-state index in [4.69, 9.17) is 4.74 Å². The van der Waals surface area contributed by atoms with Crippen molar-refractivity contribution in [3.05, 3.63) is 18.3 Å². The smallest absolute Gasteiger partial charge is 0.241 e. The molecule has 3 rings (SSSR count). The second kappa shape index (κ2) is 7.27. The Bertz CT molecular complexity index is 543. The van der Waals surface area contributed by atoms with Crippen LogP contribution in [-0.2, 0) is 9.53 Å². The Balaban J connectivity index is 1.73. The number of morpholine rings is 1. The van der Waals surface area contributed by atoms with Gasteiger partial charge in [-0.15, -0.1) is 0 Å². The zero-order chi connectivity index (χ0) is 16.2. The summed E-state index contributed by atoms with van der Waals surface area (Å²) in [5.74, 6) is 0.928. The first kappa shape index (κ1) is 16.2. The number of pyridine rings is 1. The van der Waals surface area contributed by atoms with Crippen LogP contribution < -0.4 is 10.2 Å². The monoisotopic (exact) mass is 318 g/mol. The number of carbonyl (C=O) groups is 1. The molecule has 0 aromatic carbocycles. The molecule has 2 aliphatic heterocycles. The first-order valence-corrected chi connectivity index (χ1v) is 8.51. The normalized spacial score (nSPS) is 22.6. The van der Waals surface area contributed by atoms with Gasteiger partial charge in [-0.05, 0) is 45.4 Å². The van der Waals surface area contributed by atoms with Crippen LogP contribution in [0.5, 0.6) is 0 Å². The van der Waals surface area contributed by atoms with Crippen molar-refractivity contribution in [2.75, 3.05) is 43.1 Å². The lowest BCUT2D eigenvalue weighted by Gasteiger charge is -2.30. The fourth-order valence-electron chi connectivity index (χ4n) is 3.43. The van der Waals surface area contributed by atoms with Gasteiger partial charge in [0, 0.05) is 25.3 Å². The number of nitrogens with one attached hydrogen (secondary N) is 1. The quantitative estimate of drug-likeness (QED) is 0.916. The lowest BCUT2D eigenvalue weighted by Crippen LogP contribution is -2.43. The van der Waals surface area contributed by atoms with Gasteiger partial charge < -0.3 is 15.0 Å². The number of carbonyl (C=O) groups excluding carboxylic acids is 1. The van der Waals surface area contributed by atoms with Crippen molar-refractivity contribution >= 4 is 17.4 Å². The van der Waals surface area contributed by atoms with Crippen molar-refractivity contribution in [1.29, 1.82) is 0 Å². The average Bonchev–Trinajstić information content (AvgIpc) is 3.06. The number of nitrogens with zero attached hydrogens (tertiary/aromatic N) is 3. The maximum atomic E-state index is 12.7. The molecule has 0 saturated carbocycles. The standard InChI is InChI=1S/C17H26N4O2/c1-13(2)21-8-4-6-15(21)17(22)19-14-5-3-7-18-16(14)20-9-11-23-12-10-20/h3,5,7,13,15H,4,6,8-12H2,1-2H3,(H,19,22). The Morgan fingerprint density at radius 2 is 2.13 bits per heavy atom. The van der Waals surface area contributed by atoms with E-state index in [0.717, 1.165) is 44.0 Å². The zero-order valence-corrected chi connectivity index (χ0v) is 14.0. The van der Waals surface area contributed by atoms with Gasteiger partial charge in [-0.2, -0.15) is 0 Å². The molecule has 0 spiro atoms. The van der Waals surface area contributed by atoms with Gasteiger partial charge >= 0.3 is 0 Å². The fraction of sp³-hybridized carbons (Fsp3) is 0.647. The Morgan fingerprint density at radius 3 is 2.87 bits per heavy atom. The van der Waals surface area contributed by atoms with E-state index in [0.29, 0.717) is 19.3 Å². The molecule has 1 atom stereocenters. The number of likely N-dealkylation sites (tertiary alicyclic amines) is 1. The molecule has 0 aliphatic carbocycles. The maximum absolute atomic E-state index is 12.7. The number of hydrogen-bond acceptors (Lipinski definition) is 5. The van der Waals surface area contributed by atoms with Gasteiger partial charge in [-0.1, -0.05) is 0 Å². The summed E-state index contributed by atoms with van der Waals surface area (Å²) in [6, 6.07) is 4.16. The molecule has 2 aliphatic rings. The van der Waals surface area contributed by atoms with Gasteiger partial charge in [-0.25, -0.2) is 4.98 Å². The highest BCUT2D eigenvalue weighted by Gasteiger charge is 2.32. The number of anilines is 2. The minimum absolute atomic E-state index is 0.0345. The van der Waals surface area contributed by atoms with E-state index >= 15 is 0 Å². The molecule has 0 radical (unpaired) electrons. The summed E-state index contributed by atoms with van der Waals surface area (Å²) < 4.78 is 5.40. The van der Waals surface area contributed by atoms with Crippen LogP contribution in [0.25, 0.3) is 0 Å². The summed E-state index contributed by atoms with van der Waals surface area (Å²) in [5, 5.41) is 3.11. The Hall–Kier alpha value is -1.66. The second-order valence-electron chi connectivity index (χ2n) is 6.45. The van der Waals surface area contributed by atoms with Gasteiger partial charge in [0.2, 0.25) is 5.91 Å². The zero-order valence-electron chi connectivity index (χ0n) is 14.0. The minimum Gasteiger partial charge on any atom is -0.378 e. The van der Waals surface area contributed by atoms with Crippen LogP contribution in [0.15, 0.2) is 18.3 Å². The molecule has 23 heavy (non-hydrogen) atoms. The molecule has 2 saturated heterocycles. The van der Waals surface area contributed by atoms with Crippen molar-refractivity contribution in [3.8, 4) is 0 Å². The molecular weight excluding hydrogens is 292 g/mol. The summed E-state index contributed by atoms with van der Waals surface area (Å²) >= 11 is 0. The van der Waals surface area contributed by atoms with Crippen molar-refractivity contribution in [2.24, 2.45) is 0 Å². The van der Waals surface area contributed by atoms with Crippen LogP contribution >= 0.6 is 0 Å². The lowest BCUT2D eigenvalue weighted by molar-refractivity contribution is -0.120. The van der Waals surface area contributed by atoms with Crippen molar-refractivity contribution < 1.29 is 9.53 Å². The molecule has 2 fully saturated rings. The molecule has 0 bridgehead atoms. The van der Waals surface area contributed by atoms with E-state index < -0.39 is 0 Å². The van der Waals surface area contributed by atoms with E-state index in [1.807, 2.05) is 12.1 Å². The van der Waals surface area contributed by atoms with Crippen LogP contribution in [0.1, 0.15) is 26.7 Å². The predicted molar refractivity (Wildman–Crippen MR) is 90.8 cm³/mol. The summed E-state index contributed by atoms with van der Waals surface area (Å²) in [4.78, 5) is 21.7. The highest BCUT2D eigenvalue weighted by Crippen LogP contribution is 2.26. The molecule has 6 nitrogen and oxygen atoms in total. The number of rotatable bonds is 4. The Morgan fingerprint density at radius 1 is 1.35 bits per heavy atom. The highest BCUT2D eigenvalue weighted by atomic mass is 16.5. The SMILES string of the molecule is CC(C)N1CCCC1C(=O)Nc1cccnc1N1CCOCC1. The third-order valence-corrected chi connectivity index (χ3v) is 4.62. The molecular formula is C17H26N4O2. The molecule has 126 valence electrons. The third-order valence-electron chi connectivity index (χ3n) is 4.62. The molecule has 1 amide bonds. The Kier molecular flexibility index (Phi) is 5.13. The second-order valence-corrected chi connectivity index (χ2v) is 6.45. The van der Waals surface area contributed by atoms with E-state index in [2.05, 4.69) is 33.9 Å². The average molecular weight is 318 g/mol. The number of ether oxygens (including phenoxy) is 1. The van der Waals surface area contributed by atoms with E-state index in [9.17, 15) is 4.79 Å². The van der Waals surface area contributed by atoms with E-state index in [1.165, 1.54) is 0 Å². The summed E-state index contributed by atoms with van der Waals surface area (Å²) in [5.41, 5.74) is 0.801.